The lowest BCUT2D eigenvalue weighted by atomic mass is 10.1. The summed E-state index contributed by atoms with van der Waals surface area (Å²) in [6.45, 7) is 2.34. The normalized spacial score (nSPS) is 10.8. The van der Waals surface area contributed by atoms with Crippen molar-refractivity contribution in [1.29, 1.82) is 0 Å². The Hall–Kier alpha value is -3.22. The van der Waals surface area contributed by atoms with E-state index in [0.29, 0.717) is 37.1 Å². The molecule has 0 spiro atoms. The number of nitrogens with one attached hydrogen (secondary N) is 1. The van der Waals surface area contributed by atoms with E-state index in [-0.39, 0.29) is 0 Å². The Kier molecular flexibility index (Phi) is 6.69. The summed E-state index contributed by atoms with van der Waals surface area (Å²) in [5.41, 5.74) is 3.86. The highest BCUT2D eigenvalue weighted by molar-refractivity contribution is 6.30. The van der Waals surface area contributed by atoms with Crippen LogP contribution in [0.5, 0.6) is 5.88 Å². The van der Waals surface area contributed by atoms with Gasteiger partial charge >= 0.3 is 0 Å². The predicted molar refractivity (Wildman–Crippen MR) is 117 cm³/mol. The lowest BCUT2D eigenvalue weighted by molar-refractivity contribution is 0.302. The van der Waals surface area contributed by atoms with Crippen molar-refractivity contribution in [2.24, 2.45) is 0 Å². The fourth-order valence-electron chi connectivity index (χ4n) is 3.06. The lowest BCUT2D eigenvalue weighted by Crippen LogP contribution is -2.21. The van der Waals surface area contributed by atoms with Crippen LogP contribution in [0.1, 0.15) is 11.3 Å². The van der Waals surface area contributed by atoms with Crippen molar-refractivity contribution < 1.29 is 4.74 Å². The molecule has 0 amide bonds. The number of hydrogen-bond acceptors (Lipinski definition) is 5. The Morgan fingerprint density at radius 2 is 1.80 bits per heavy atom. The van der Waals surface area contributed by atoms with Crippen LogP contribution in [0.15, 0.2) is 79.0 Å². The molecule has 0 bridgehead atoms. The van der Waals surface area contributed by atoms with Gasteiger partial charge in [-0.1, -0.05) is 60.1 Å². The summed E-state index contributed by atoms with van der Waals surface area (Å²) in [5.74, 6) is 0.622. The van der Waals surface area contributed by atoms with Gasteiger partial charge in [0.2, 0.25) is 5.88 Å². The van der Waals surface area contributed by atoms with E-state index in [1.54, 1.807) is 11.0 Å². The van der Waals surface area contributed by atoms with Gasteiger partial charge in [0.15, 0.2) is 0 Å². The molecule has 2 heterocycles. The van der Waals surface area contributed by atoms with Crippen molar-refractivity contribution in [2.75, 3.05) is 13.2 Å². The number of ether oxygens (including phenoxy) is 1. The second kappa shape index (κ2) is 10.0. The van der Waals surface area contributed by atoms with E-state index in [1.165, 1.54) is 0 Å². The third-order valence-corrected chi connectivity index (χ3v) is 4.68. The Morgan fingerprint density at radius 3 is 2.60 bits per heavy atom. The maximum Gasteiger partial charge on any atom is 0.213 e. The monoisotopic (exact) mass is 419 g/mol. The van der Waals surface area contributed by atoms with Crippen LogP contribution in [0, 0.1) is 0 Å². The van der Waals surface area contributed by atoms with Crippen molar-refractivity contribution in [1.82, 2.24) is 25.3 Å². The van der Waals surface area contributed by atoms with Gasteiger partial charge in [-0.05, 0) is 23.8 Å². The average molecular weight is 420 g/mol. The van der Waals surface area contributed by atoms with Crippen molar-refractivity contribution in [2.45, 2.75) is 13.1 Å². The van der Waals surface area contributed by atoms with Crippen molar-refractivity contribution in [3.05, 3.63) is 95.3 Å². The molecule has 0 atom stereocenters. The highest BCUT2D eigenvalue weighted by atomic mass is 35.5. The highest BCUT2D eigenvalue weighted by Crippen LogP contribution is 2.20. The molecule has 0 saturated carbocycles. The second-order valence-corrected chi connectivity index (χ2v) is 7.15. The van der Waals surface area contributed by atoms with Crippen LogP contribution < -0.4 is 10.1 Å². The maximum atomic E-state index is 6.11. The van der Waals surface area contributed by atoms with E-state index in [1.807, 2.05) is 72.8 Å². The molecular weight excluding hydrogens is 398 g/mol. The minimum Gasteiger partial charge on any atom is -0.476 e. The van der Waals surface area contributed by atoms with E-state index in [2.05, 4.69) is 10.3 Å². The summed E-state index contributed by atoms with van der Waals surface area (Å²) in [7, 11) is 0. The minimum absolute atomic E-state index is 0.522. The van der Waals surface area contributed by atoms with Crippen LogP contribution in [0.2, 0.25) is 5.02 Å². The van der Waals surface area contributed by atoms with Gasteiger partial charge in [0.25, 0.3) is 0 Å². The summed E-state index contributed by atoms with van der Waals surface area (Å²) in [6.07, 6.45) is 1.72. The molecule has 1 N–H and O–H groups in total. The van der Waals surface area contributed by atoms with Gasteiger partial charge in [-0.2, -0.15) is 15.0 Å². The zero-order valence-electron chi connectivity index (χ0n) is 16.4. The molecule has 0 aliphatic rings. The number of nitrogens with zero attached hydrogens (tertiary/aromatic N) is 4. The lowest BCUT2D eigenvalue weighted by Gasteiger charge is -2.06. The van der Waals surface area contributed by atoms with Crippen LogP contribution in [0.3, 0.4) is 0 Å². The summed E-state index contributed by atoms with van der Waals surface area (Å²) in [4.78, 5) is 5.87. The standard InChI is InChI=1S/C23H22ClN5O/c24-20-10-6-7-18(15-20)17-29-27-21(23(28-29)19-8-2-1-3-9-19)16-25-13-14-30-22-11-4-5-12-26-22/h1-12,15,25H,13-14,16-17H2. The largest absolute Gasteiger partial charge is 0.476 e. The van der Waals surface area contributed by atoms with Gasteiger partial charge in [-0.3, -0.25) is 0 Å². The number of rotatable bonds is 9. The molecule has 7 heteroatoms. The summed E-state index contributed by atoms with van der Waals surface area (Å²) >= 11 is 6.11. The molecular formula is C23H22ClN5O. The molecule has 6 nitrogen and oxygen atoms in total. The molecule has 0 unspecified atom stereocenters. The average Bonchev–Trinajstić information content (AvgIpc) is 3.17. The van der Waals surface area contributed by atoms with Gasteiger partial charge < -0.3 is 10.1 Å². The number of aromatic nitrogens is 4. The van der Waals surface area contributed by atoms with Crippen molar-refractivity contribution in [3.8, 4) is 17.1 Å². The van der Waals surface area contributed by atoms with Crippen LogP contribution in [0.4, 0.5) is 0 Å². The molecule has 0 saturated heterocycles. The van der Waals surface area contributed by atoms with E-state index >= 15 is 0 Å². The smallest absolute Gasteiger partial charge is 0.213 e. The second-order valence-electron chi connectivity index (χ2n) is 6.71. The fraction of sp³-hybridized carbons (Fsp3) is 0.174. The Morgan fingerprint density at radius 1 is 0.933 bits per heavy atom. The topological polar surface area (TPSA) is 64.9 Å². The minimum atomic E-state index is 0.522. The van der Waals surface area contributed by atoms with Gasteiger partial charge in [0, 0.05) is 35.9 Å². The number of hydrogen-bond donors (Lipinski definition) is 1. The first-order valence-corrected chi connectivity index (χ1v) is 10.1. The first kappa shape index (κ1) is 20.1. The predicted octanol–water partition coefficient (Wildman–Crippen LogP) is 4.21. The van der Waals surface area contributed by atoms with E-state index < -0.39 is 0 Å². The zero-order chi connectivity index (χ0) is 20.6. The van der Waals surface area contributed by atoms with Crippen LogP contribution in [-0.4, -0.2) is 33.1 Å². The maximum absolute atomic E-state index is 6.11. The van der Waals surface area contributed by atoms with Crippen LogP contribution >= 0.6 is 11.6 Å². The van der Waals surface area contributed by atoms with Gasteiger partial charge in [0.1, 0.15) is 18.0 Å². The molecule has 0 aliphatic carbocycles. The molecule has 4 aromatic rings. The molecule has 152 valence electrons. The molecule has 2 aromatic carbocycles. The van der Waals surface area contributed by atoms with Gasteiger partial charge in [0.05, 0.1) is 6.54 Å². The molecule has 0 radical (unpaired) electrons. The van der Waals surface area contributed by atoms with Gasteiger partial charge in [-0.25, -0.2) is 4.98 Å². The molecule has 0 aliphatic heterocycles. The third kappa shape index (κ3) is 5.43. The van der Waals surface area contributed by atoms with E-state index in [4.69, 9.17) is 26.5 Å². The summed E-state index contributed by atoms with van der Waals surface area (Å²) in [6, 6.07) is 23.4. The third-order valence-electron chi connectivity index (χ3n) is 4.44. The zero-order valence-corrected chi connectivity index (χ0v) is 17.2. The van der Waals surface area contributed by atoms with E-state index in [0.717, 1.165) is 22.5 Å². The number of pyridine rings is 1. The molecule has 4 rings (SSSR count). The van der Waals surface area contributed by atoms with Crippen LogP contribution in [-0.2, 0) is 13.1 Å². The van der Waals surface area contributed by atoms with Gasteiger partial charge in [-0.15, -0.1) is 0 Å². The summed E-state index contributed by atoms with van der Waals surface area (Å²) < 4.78 is 5.63. The summed E-state index contributed by atoms with van der Waals surface area (Å²) in [5, 5.41) is 13.5. The fourth-order valence-corrected chi connectivity index (χ4v) is 3.27. The van der Waals surface area contributed by atoms with Crippen LogP contribution in [0.25, 0.3) is 11.3 Å². The van der Waals surface area contributed by atoms with E-state index in [9.17, 15) is 0 Å². The number of benzene rings is 2. The first-order valence-electron chi connectivity index (χ1n) is 9.76. The Labute approximate surface area is 180 Å². The Balaban J connectivity index is 1.43. The SMILES string of the molecule is Clc1cccc(Cn2nc(CNCCOc3ccccn3)c(-c3ccccc3)n2)c1. The van der Waals surface area contributed by atoms with Crippen molar-refractivity contribution >= 4 is 11.6 Å². The molecule has 2 aromatic heterocycles. The molecule has 30 heavy (non-hydrogen) atoms. The number of halogens is 1. The van der Waals surface area contributed by atoms with Crippen molar-refractivity contribution in [3.63, 3.8) is 0 Å². The quantitative estimate of drug-likeness (QED) is 0.412. The molecule has 0 fully saturated rings. The highest BCUT2D eigenvalue weighted by Gasteiger charge is 2.13. The first-order chi connectivity index (χ1) is 14.8. The Bertz CT molecular complexity index is 1070.